The number of ether oxygens (including phenoxy) is 1. The zero-order valence-corrected chi connectivity index (χ0v) is 6.72. The Morgan fingerprint density at radius 2 is 2.17 bits per heavy atom. The van der Waals surface area contributed by atoms with E-state index in [-0.39, 0.29) is 6.61 Å². The maximum Gasteiger partial charge on any atom is 0.261 e. The van der Waals surface area contributed by atoms with E-state index in [0.29, 0.717) is 19.5 Å². The second kappa shape index (κ2) is 8.37. The van der Waals surface area contributed by atoms with Gasteiger partial charge in [-0.1, -0.05) is 0 Å². The topological polar surface area (TPSA) is 45.0 Å². The van der Waals surface area contributed by atoms with Crippen LogP contribution >= 0.6 is 0 Å². The van der Waals surface area contributed by atoms with Crippen LogP contribution in [0.25, 0.3) is 0 Å². The molecule has 0 bridgehead atoms. The van der Waals surface area contributed by atoms with Gasteiger partial charge in [-0.3, -0.25) is 0 Å². The number of nitrogens with one attached hydrogen (secondary N) is 1. The minimum Gasteiger partial charge on any atom is -0.374 e. The van der Waals surface area contributed by atoms with Gasteiger partial charge < -0.3 is 10.1 Å². The highest BCUT2D eigenvalue weighted by atomic mass is 19.3. The molecular weight excluding hydrogens is 166 g/mol. The van der Waals surface area contributed by atoms with Crippen LogP contribution in [-0.2, 0) is 4.74 Å². The van der Waals surface area contributed by atoms with E-state index < -0.39 is 13.0 Å². The molecule has 0 saturated carbocycles. The lowest BCUT2D eigenvalue weighted by molar-refractivity contribution is 0.0188. The zero-order valence-electron chi connectivity index (χ0n) is 6.72. The van der Waals surface area contributed by atoms with Crippen LogP contribution in [0.5, 0.6) is 0 Å². The number of nitrogens with zero attached hydrogens (tertiary/aromatic N) is 1. The first-order valence-electron chi connectivity index (χ1n) is 3.71. The third kappa shape index (κ3) is 9.27. The van der Waals surface area contributed by atoms with Crippen LogP contribution in [0, 0.1) is 11.3 Å². The third-order valence-electron chi connectivity index (χ3n) is 1.08. The Labute approximate surface area is 70.3 Å². The molecule has 70 valence electrons. The van der Waals surface area contributed by atoms with Crippen LogP contribution in [-0.4, -0.2) is 32.7 Å². The second-order valence-electron chi connectivity index (χ2n) is 2.12. The van der Waals surface area contributed by atoms with Crippen molar-refractivity contribution in [2.24, 2.45) is 0 Å². The Balaban J connectivity index is 2.87. The monoisotopic (exact) mass is 178 g/mol. The third-order valence-corrected chi connectivity index (χ3v) is 1.08. The second-order valence-corrected chi connectivity index (χ2v) is 2.12. The summed E-state index contributed by atoms with van der Waals surface area (Å²) in [4.78, 5) is 0. The van der Waals surface area contributed by atoms with Crippen LogP contribution in [0.1, 0.15) is 6.42 Å². The summed E-state index contributed by atoms with van der Waals surface area (Å²) in [5.74, 6) is 0. The molecule has 1 N–H and O–H groups in total. The Bertz CT molecular complexity index is 136. The molecule has 0 radical (unpaired) electrons. The number of halogens is 2. The highest BCUT2D eigenvalue weighted by molar-refractivity contribution is 4.69. The lowest BCUT2D eigenvalue weighted by Gasteiger charge is -2.03. The van der Waals surface area contributed by atoms with Crippen LogP contribution in [0.3, 0.4) is 0 Å². The molecule has 0 aliphatic heterocycles. The summed E-state index contributed by atoms with van der Waals surface area (Å²) < 4.78 is 27.5. The number of nitriles is 1. The largest absolute Gasteiger partial charge is 0.374 e. The molecule has 0 atom stereocenters. The molecule has 0 aromatic heterocycles. The Hall–Kier alpha value is -0.730. The number of hydrogen-bond acceptors (Lipinski definition) is 3. The lowest BCUT2D eigenvalue weighted by Crippen LogP contribution is -2.21. The van der Waals surface area contributed by atoms with Crippen LogP contribution in [0.4, 0.5) is 8.78 Å². The van der Waals surface area contributed by atoms with Crippen molar-refractivity contribution in [1.82, 2.24) is 5.32 Å². The molecule has 3 nitrogen and oxygen atoms in total. The lowest BCUT2D eigenvalue weighted by atomic mass is 10.4. The van der Waals surface area contributed by atoms with Crippen LogP contribution in [0.15, 0.2) is 0 Å². The van der Waals surface area contributed by atoms with E-state index in [2.05, 4.69) is 10.1 Å². The minimum atomic E-state index is -2.40. The van der Waals surface area contributed by atoms with Crippen molar-refractivity contribution in [2.75, 3.05) is 26.3 Å². The van der Waals surface area contributed by atoms with Gasteiger partial charge in [0.05, 0.1) is 12.7 Å². The molecule has 0 aliphatic carbocycles. The molecule has 0 fully saturated rings. The van der Waals surface area contributed by atoms with E-state index in [1.807, 2.05) is 6.07 Å². The van der Waals surface area contributed by atoms with Gasteiger partial charge in [-0.15, -0.1) is 0 Å². The van der Waals surface area contributed by atoms with Gasteiger partial charge in [0.15, 0.2) is 0 Å². The first kappa shape index (κ1) is 11.3. The normalized spacial score (nSPS) is 10.2. The molecule has 0 aromatic carbocycles. The first-order chi connectivity index (χ1) is 5.77. The molecule has 0 spiro atoms. The van der Waals surface area contributed by atoms with Gasteiger partial charge in [-0.05, 0) is 0 Å². The van der Waals surface area contributed by atoms with Crippen LogP contribution < -0.4 is 5.32 Å². The first-order valence-corrected chi connectivity index (χ1v) is 3.71. The van der Waals surface area contributed by atoms with E-state index >= 15 is 0 Å². The van der Waals surface area contributed by atoms with Crippen molar-refractivity contribution < 1.29 is 13.5 Å². The Kier molecular flexibility index (Phi) is 7.86. The minimum absolute atomic E-state index is 0.260. The van der Waals surface area contributed by atoms with Crippen molar-refractivity contribution in [3.05, 3.63) is 0 Å². The summed E-state index contributed by atoms with van der Waals surface area (Å²) in [7, 11) is 0. The predicted molar refractivity (Wildman–Crippen MR) is 39.9 cm³/mol. The fourth-order valence-corrected chi connectivity index (χ4v) is 0.586. The summed E-state index contributed by atoms with van der Waals surface area (Å²) >= 11 is 0. The molecule has 12 heavy (non-hydrogen) atoms. The van der Waals surface area contributed by atoms with Gasteiger partial charge in [0.2, 0.25) is 0 Å². The SMILES string of the molecule is N#CCCNCCOCC(F)F. The molecule has 0 saturated heterocycles. The van der Waals surface area contributed by atoms with Crippen molar-refractivity contribution in [2.45, 2.75) is 12.8 Å². The van der Waals surface area contributed by atoms with E-state index in [9.17, 15) is 8.78 Å². The highest BCUT2D eigenvalue weighted by Crippen LogP contribution is 1.91. The van der Waals surface area contributed by atoms with Gasteiger partial charge in [0, 0.05) is 19.5 Å². The number of hydrogen-bond donors (Lipinski definition) is 1. The van der Waals surface area contributed by atoms with Gasteiger partial charge in [0.1, 0.15) is 6.61 Å². The van der Waals surface area contributed by atoms with E-state index in [4.69, 9.17) is 5.26 Å². The quantitative estimate of drug-likeness (QED) is 0.586. The fraction of sp³-hybridized carbons (Fsp3) is 0.857. The zero-order chi connectivity index (χ0) is 9.23. The van der Waals surface area contributed by atoms with E-state index in [1.54, 1.807) is 0 Å². The maximum absolute atomic E-state index is 11.5. The van der Waals surface area contributed by atoms with Gasteiger partial charge in [-0.25, -0.2) is 8.78 Å². The smallest absolute Gasteiger partial charge is 0.261 e. The van der Waals surface area contributed by atoms with Crippen molar-refractivity contribution >= 4 is 0 Å². The molecule has 0 heterocycles. The van der Waals surface area contributed by atoms with Crippen molar-refractivity contribution in [3.63, 3.8) is 0 Å². The summed E-state index contributed by atoms with van der Waals surface area (Å²) in [5.41, 5.74) is 0. The molecule has 0 unspecified atom stereocenters. The molecule has 0 rings (SSSR count). The fourth-order valence-electron chi connectivity index (χ4n) is 0.586. The average Bonchev–Trinajstić information content (AvgIpc) is 2.02. The summed E-state index contributed by atoms with van der Waals surface area (Å²) in [6.07, 6.45) is -1.97. The Morgan fingerprint density at radius 1 is 1.42 bits per heavy atom. The molecule has 5 heteroatoms. The maximum atomic E-state index is 11.5. The molecule has 0 aliphatic rings. The van der Waals surface area contributed by atoms with Crippen molar-refractivity contribution in [1.29, 1.82) is 5.26 Å². The van der Waals surface area contributed by atoms with E-state index in [1.165, 1.54) is 0 Å². The summed E-state index contributed by atoms with van der Waals surface area (Å²) in [6, 6.07) is 1.95. The Morgan fingerprint density at radius 3 is 2.75 bits per heavy atom. The molecule has 0 aromatic rings. The average molecular weight is 178 g/mol. The van der Waals surface area contributed by atoms with E-state index in [0.717, 1.165) is 0 Å². The number of rotatable bonds is 7. The predicted octanol–water partition coefficient (Wildman–Crippen LogP) is 0.771. The van der Waals surface area contributed by atoms with Gasteiger partial charge >= 0.3 is 0 Å². The van der Waals surface area contributed by atoms with Crippen LogP contribution in [0.2, 0.25) is 0 Å². The van der Waals surface area contributed by atoms with Gasteiger partial charge in [0.25, 0.3) is 6.43 Å². The summed E-state index contributed by atoms with van der Waals surface area (Å²) in [6.45, 7) is 0.832. The standard InChI is InChI=1S/C7H12F2N2O/c8-7(9)6-12-5-4-11-3-1-2-10/h7,11H,1,3-6H2. The molecular formula is C7H12F2N2O. The number of alkyl halides is 2. The highest BCUT2D eigenvalue weighted by Gasteiger charge is 2.00. The molecule has 0 amide bonds. The van der Waals surface area contributed by atoms with Crippen molar-refractivity contribution in [3.8, 4) is 6.07 Å². The van der Waals surface area contributed by atoms with Gasteiger partial charge in [-0.2, -0.15) is 5.26 Å². The summed E-state index contributed by atoms with van der Waals surface area (Å²) in [5, 5.41) is 11.0.